The van der Waals surface area contributed by atoms with Crippen LogP contribution in [-0.2, 0) is 9.53 Å². The minimum Gasteiger partial charge on any atom is -0.452 e. The number of esters is 1. The van der Waals surface area contributed by atoms with E-state index in [1.807, 2.05) is 5.32 Å². The average molecular weight is 325 g/mol. The lowest BCUT2D eigenvalue weighted by atomic mass is 10.3. The molecule has 0 atom stereocenters. The molecule has 8 nitrogen and oxygen atoms in total. The van der Waals surface area contributed by atoms with E-state index in [1.165, 1.54) is 0 Å². The Morgan fingerprint density at radius 3 is 2.65 bits per heavy atom. The molecule has 1 aromatic carbocycles. The van der Waals surface area contributed by atoms with E-state index >= 15 is 0 Å². The monoisotopic (exact) mass is 325 g/mol. The van der Waals surface area contributed by atoms with Crippen LogP contribution in [0.25, 0.3) is 0 Å². The van der Waals surface area contributed by atoms with Crippen molar-refractivity contribution in [1.29, 1.82) is 0 Å². The zero-order valence-electron chi connectivity index (χ0n) is 11.3. The lowest BCUT2D eigenvalue weighted by Gasteiger charge is -2.07. The van der Waals surface area contributed by atoms with E-state index in [1.54, 1.807) is 4.98 Å². The Morgan fingerprint density at radius 2 is 1.96 bits per heavy atom. The first-order valence-electron chi connectivity index (χ1n) is 6.11. The number of ether oxygens (including phenoxy) is 1. The lowest BCUT2D eigenvalue weighted by molar-refractivity contribution is -0.119. The number of anilines is 1. The Balaban J connectivity index is 1.99. The third-order valence-electron chi connectivity index (χ3n) is 2.58. The summed E-state index contributed by atoms with van der Waals surface area (Å²) in [6, 6.07) is 2.44. The highest BCUT2D eigenvalue weighted by molar-refractivity contribution is 5.95. The van der Waals surface area contributed by atoms with Gasteiger partial charge in [0.1, 0.15) is 17.2 Å². The molecule has 0 unspecified atom stereocenters. The van der Waals surface area contributed by atoms with Gasteiger partial charge in [0.25, 0.3) is 11.5 Å². The molecule has 0 spiro atoms. The quantitative estimate of drug-likeness (QED) is 0.690. The molecule has 0 saturated carbocycles. The van der Waals surface area contributed by atoms with Crippen molar-refractivity contribution in [3.8, 4) is 0 Å². The zero-order chi connectivity index (χ0) is 17.0. The predicted octanol–water partition coefficient (Wildman–Crippen LogP) is 0.137. The number of rotatable bonds is 4. The van der Waals surface area contributed by atoms with Crippen LogP contribution in [0.3, 0.4) is 0 Å². The second kappa shape index (κ2) is 6.64. The van der Waals surface area contributed by atoms with Crippen LogP contribution in [0.4, 0.5) is 14.5 Å². The highest BCUT2D eigenvalue weighted by atomic mass is 19.1. The number of hydrogen-bond donors (Lipinski definition) is 3. The van der Waals surface area contributed by atoms with E-state index in [2.05, 4.69) is 9.72 Å². The van der Waals surface area contributed by atoms with Crippen LogP contribution in [0.5, 0.6) is 0 Å². The van der Waals surface area contributed by atoms with Crippen LogP contribution in [-0.4, -0.2) is 28.5 Å². The summed E-state index contributed by atoms with van der Waals surface area (Å²) < 4.78 is 30.8. The van der Waals surface area contributed by atoms with Gasteiger partial charge in [-0.15, -0.1) is 0 Å². The van der Waals surface area contributed by atoms with Crippen LogP contribution < -0.4 is 16.6 Å². The Bertz CT molecular complexity index is 874. The summed E-state index contributed by atoms with van der Waals surface area (Å²) in [5.41, 5.74) is -2.75. The van der Waals surface area contributed by atoms with E-state index in [4.69, 9.17) is 0 Å². The maximum absolute atomic E-state index is 13.3. The smallest absolute Gasteiger partial charge is 0.345 e. The first kappa shape index (κ1) is 16.1. The predicted molar refractivity (Wildman–Crippen MR) is 73.0 cm³/mol. The number of aromatic amines is 2. The lowest BCUT2D eigenvalue weighted by Crippen LogP contribution is -2.29. The number of aromatic nitrogens is 2. The summed E-state index contributed by atoms with van der Waals surface area (Å²) in [5, 5.41) is 2.01. The Hall–Kier alpha value is -3.30. The Morgan fingerprint density at radius 1 is 1.22 bits per heavy atom. The van der Waals surface area contributed by atoms with Crippen molar-refractivity contribution in [2.24, 2.45) is 0 Å². The largest absolute Gasteiger partial charge is 0.452 e. The molecule has 120 valence electrons. The van der Waals surface area contributed by atoms with Crippen LogP contribution >= 0.6 is 0 Å². The molecule has 3 N–H and O–H groups in total. The van der Waals surface area contributed by atoms with E-state index in [0.717, 1.165) is 24.4 Å². The second-order valence-corrected chi connectivity index (χ2v) is 4.23. The molecule has 2 rings (SSSR count). The number of carbonyl (C=O) groups excluding carboxylic acids is 2. The van der Waals surface area contributed by atoms with Gasteiger partial charge in [-0.3, -0.25) is 14.6 Å². The van der Waals surface area contributed by atoms with E-state index in [9.17, 15) is 28.0 Å². The molecule has 0 saturated heterocycles. The number of benzene rings is 1. The molecule has 1 heterocycles. The highest BCUT2D eigenvalue weighted by Crippen LogP contribution is 2.14. The fourth-order valence-corrected chi connectivity index (χ4v) is 1.55. The van der Waals surface area contributed by atoms with Gasteiger partial charge in [-0.1, -0.05) is 0 Å². The minimum absolute atomic E-state index is 0.423. The number of halogens is 2. The molecule has 0 aliphatic rings. The summed E-state index contributed by atoms with van der Waals surface area (Å²) in [4.78, 5) is 49.1. The summed E-state index contributed by atoms with van der Waals surface area (Å²) in [5.74, 6) is -3.75. The van der Waals surface area contributed by atoms with Gasteiger partial charge in [-0.2, -0.15) is 0 Å². The number of carbonyl (C=O) groups is 2. The van der Waals surface area contributed by atoms with E-state index < -0.39 is 52.6 Å². The molecule has 0 bridgehead atoms. The number of amides is 1. The molecule has 23 heavy (non-hydrogen) atoms. The van der Waals surface area contributed by atoms with Gasteiger partial charge in [0, 0.05) is 12.3 Å². The first-order valence-corrected chi connectivity index (χ1v) is 6.11. The molecule has 0 aliphatic heterocycles. The summed E-state index contributed by atoms with van der Waals surface area (Å²) >= 11 is 0. The van der Waals surface area contributed by atoms with E-state index in [-0.39, 0.29) is 0 Å². The highest BCUT2D eigenvalue weighted by Gasteiger charge is 2.15. The molecule has 0 aliphatic carbocycles. The fourth-order valence-electron chi connectivity index (χ4n) is 1.55. The molecule has 1 amide bonds. The molecule has 0 radical (unpaired) electrons. The van der Waals surface area contributed by atoms with Crippen molar-refractivity contribution in [3.05, 3.63) is 62.4 Å². The molecule has 10 heteroatoms. The molecule has 1 aromatic heterocycles. The maximum Gasteiger partial charge on any atom is 0.345 e. The van der Waals surface area contributed by atoms with Crippen molar-refractivity contribution < 1.29 is 23.1 Å². The van der Waals surface area contributed by atoms with Crippen LogP contribution in [0, 0.1) is 11.6 Å². The van der Waals surface area contributed by atoms with Crippen LogP contribution in [0.2, 0.25) is 0 Å². The van der Waals surface area contributed by atoms with Crippen LogP contribution in [0.1, 0.15) is 10.4 Å². The zero-order valence-corrected chi connectivity index (χ0v) is 11.3. The standard InChI is InChI=1S/C13H9F2N3O5/c14-6-1-2-8(15)9(3-6)17-10(19)5-23-12(21)7-4-16-13(22)18-11(7)20/h1-4H,5H2,(H,17,19)(H2,16,18,20,22). The molecule has 0 fully saturated rings. The third-order valence-corrected chi connectivity index (χ3v) is 2.58. The van der Waals surface area contributed by atoms with Crippen molar-refractivity contribution in [1.82, 2.24) is 9.97 Å². The SMILES string of the molecule is O=C(COC(=O)c1c[nH]c(=O)[nH]c1=O)Nc1cc(F)ccc1F. The molecule has 2 aromatic rings. The number of nitrogens with one attached hydrogen (secondary N) is 3. The Labute approximate surface area is 126 Å². The Kier molecular flexibility index (Phi) is 4.64. The topological polar surface area (TPSA) is 121 Å². The first-order chi connectivity index (χ1) is 10.9. The summed E-state index contributed by atoms with van der Waals surface area (Å²) in [6.45, 7) is -0.840. The van der Waals surface area contributed by atoms with Gasteiger partial charge >= 0.3 is 11.7 Å². The van der Waals surface area contributed by atoms with Crippen LogP contribution in [0.15, 0.2) is 34.0 Å². The third kappa shape index (κ3) is 4.09. The van der Waals surface area contributed by atoms with E-state index in [0.29, 0.717) is 0 Å². The summed E-state index contributed by atoms with van der Waals surface area (Å²) in [6.07, 6.45) is 0.827. The van der Waals surface area contributed by atoms with Crippen molar-refractivity contribution >= 4 is 17.6 Å². The van der Waals surface area contributed by atoms with Crippen molar-refractivity contribution in [2.75, 3.05) is 11.9 Å². The number of H-pyrrole nitrogens is 2. The average Bonchev–Trinajstić information content (AvgIpc) is 2.48. The van der Waals surface area contributed by atoms with Gasteiger partial charge in [-0.05, 0) is 12.1 Å². The van der Waals surface area contributed by atoms with Gasteiger partial charge in [-0.25, -0.2) is 18.4 Å². The van der Waals surface area contributed by atoms with Gasteiger partial charge in [0.2, 0.25) is 0 Å². The van der Waals surface area contributed by atoms with Crippen molar-refractivity contribution in [3.63, 3.8) is 0 Å². The minimum atomic E-state index is -1.17. The maximum atomic E-state index is 13.3. The molecular weight excluding hydrogens is 316 g/mol. The normalized spacial score (nSPS) is 10.2. The number of hydrogen-bond acceptors (Lipinski definition) is 5. The molecular formula is C13H9F2N3O5. The van der Waals surface area contributed by atoms with Gasteiger partial charge < -0.3 is 15.0 Å². The second-order valence-electron chi connectivity index (χ2n) is 4.23. The van der Waals surface area contributed by atoms with Crippen molar-refractivity contribution in [2.45, 2.75) is 0 Å². The van der Waals surface area contributed by atoms with Gasteiger partial charge in [0.05, 0.1) is 5.69 Å². The fraction of sp³-hybridized carbons (Fsp3) is 0.0769. The van der Waals surface area contributed by atoms with Gasteiger partial charge in [0.15, 0.2) is 6.61 Å². The summed E-state index contributed by atoms with van der Waals surface area (Å²) in [7, 11) is 0.